The summed E-state index contributed by atoms with van der Waals surface area (Å²) in [6.07, 6.45) is -4.94. The number of hydrogen-bond acceptors (Lipinski definition) is 11. The van der Waals surface area contributed by atoms with Crippen molar-refractivity contribution in [1.29, 1.82) is 0 Å². The molecule has 1 aromatic heterocycles. The molecule has 1 aromatic carbocycles. The van der Waals surface area contributed by atoms with Crippen molar-refractivity contribution in [2.75, 3.05) is 13.7 Å². The van der Waals surface area contributed by atoms with Gasteiger partial charge in [-0.25, -0.2) is 4.79 Å². The molecular weight excluding hydrogens is 524 g/mol. The lowest BCUT2D eigenvalue weighted by molar-refractivity contribution is -0.339. The van der Waals surface area contributed by atoms with Crippen LogP contribution in [0.15, 0.2) is 48.8 Å². The lowest BCUT2D eigenvalue weighted by atomic mass is 9.77. The predicted octanol–water partition coefficient (Wildman–Crippen LogP) is 0.326. The van der Waals surface area contributed by atoms with Crippen LogP contribution in [-0.2, 0) is 39.7 Å². The van der Waals surface area contributed by atoms with Gasteiger partial charge in [0.25, 0.3) is 0 Å². The maximum Gasteiger partial charge on any atom is 0.337 e. The first kappa shape index (κ1) is 26.9. The number of aromatic nitrogens is 1. The van der Waals surface area contributed by atoms with E-state index < -0.39 is 72.9 Å². The van der Waals surface area contributed by atoms with Gasteiger partial charge >= 0.3 is 11.9 Å². The number of carbonyl (C=O) groups is 2. The van der Waals surface area contributed by atoms with E-state index in [0.717, 1.165) is 22.2 Å². The molecule has 12 heteroatoms. The van der Waals surface area contributed by atoms with E-state index in [9.17, 15) is 24.9 Å². The number of ether oxygens (including phenoxy) is 5. The first-order valence-corrected chi connectivity index (χ1v) is 13.2. The van der Waals surface area contributed by atoms with Gasteiger partial charge in [0.15, 0.2) is 6.29 Å². The topological polar surface area (TPSA) is 169 Å². The van der Waals surface area contributed by atoms with E-state index in [-0.39, 0.29) is 12.2 Å². The third-order valence-corrected chi connectivity index (χ3v) is 8.31. The molecule has 40 heavy (non-hydrogen) atoms. The van der Waals surface area contributed by atoms with Crippen LogP contribution in [0.2, 0.25) is 0 Å². The van der Waals surface area contributed by atoms with Crippen molar-refractivity contribution in [1.82, 2.24) is 10.3 Å². The van der Waals surface area contributed by atoms with E-state index in [2.05, 4.69) is 16.9 Å². The van der Waals surface area contributed by atoms with Crippen LogP contribution in [0.25, 0.3) is 10.9 Å². The smallest absolute Gasteiger partial charge is 0.337 e. The summed E-state index contributed by atoms with van der Waals surface area (Å²) in [4.78, 5) is 29.7. The van der Waals surface area contributed by atoms with Gasteiger partial charge in [0, 0.05) is 40.9 Å². The molecule has 0 saturated carbocycles. The van der Waals surface area contributed by atoms with Crippen molar-refractivity contribution in [3.8, 4) is 0 Å². The highest BCUT2D eigenvalue weighted by atomic mass is 16.8. The molecule has 0 amide bonds. The van der Waals surface area contributed by atoms with E-state index in [1.165, 1.54) is 13.4 Å². The minimum atomic E-state index is -1.64. The Labute approximate surface area is 229 Å². The van der Waals surface area contributed by atoms with Crippen LogP contribution in [-0.4, -0.2) is 89.0 Å². The van der Waals surface area contributed by atoms with Crippen LogP contribution in [0.5, 0.6) is 0 Å². The SMILES string of the molecule is C=C[C@H]1[C@H]2OC=C(C(=O)OC)[C@H]1C[C@@H]1N[C@@H](Cc3c1[nH]c1ccccc31)C(=O)OC[C@H]1O[C@@H](O2)[C@H](O)[C@@H](O)[C@@H]1O. The van der Waals surface area contributed by atoms with Gasteiger partial charge < -0.3 is 44.0 Å². The molecule has 0 aliphatic carbocycles. The van der Waals surface area contributed by atoms with Gasteiger partial charge in [0.1, 0.15) is 37.1 Å². The molecule has 214 valence electrons. The van der Waals surface area contributed by atoms with Crippen molar-refractivity contribution in [3.63, 3.8) is 0 Å². The lowest BCUT2D eigenvalue weighted by Crippen LogP contribution is -2.61. The van der Waals surface area contributed by atoms with Crippen molar-refractivity contribution in [3.05, 3.63) is 60.0 Å². The molecule has 4 aliphatic heterocycles. The average Bonchev–Trinajstić information content (AvgIpc) is 3.35. The largest absolute Gasteiger partial charge is 0.471 e. The number of H-pyrrole nitrogens is 1. The Hall–Kier alpha value is -3.26. The second-order valence-electron chi connectivity index (χ2n) is 10.5. The van der Waals surface area contributed by atoms with Crippen LogP contribution in [0.3, 0.4) is 0 Å². The Bertz CT molecular complexity index is 1340. The average molecular weight is 557 g/mol. The summed E-state index contributed by atoms with van der Waals surface area (Å²) in [6, 6.07) is 6.64. The molecule has 12 nitrogen and oxygen atoms in total. The Kier molecular flexibility index (Phi) is 7.15. The standard InChI is InChI=1S/C28H32N2O10/c1-3-12-14-8-18-21-15(13-6-4-5-7-17(13)30-21)9-19(29-18)26(35)37-11-20-22(31)23(32)24(33)28(39-20)40-27(12)38-10-16(14)25(34)36-2/h3-7,10,12,14,18-20,22-24,27-33H,1,8-9,11H2,2H3/t12-,14+,18+,19+,20-,22-,23+,24-,27+,28+/m1/s1. The van der Waals surface area contributed by atoms with E-state index in [1.807, 2.05) is 24.3 Å². The van der Waals surface area contributed by atoms with Gasteiger partial charge in [-0.1, -0.05) is 24.3 Å². The number of fused-ring (bicyclic) bond motifs is 10. The van der Waals surface area contributed by atoms with Crippen molar-refractivity contribution >= 4 is 22.8 Å². The Balaban J connectivity index is 1.45. The highest BCUT2D eigenvalue weighted by Gasteiger charge is 2.49. The Morgan fingerprint density at radius 1 is 1.10 bits per heavy atom. The van der Waals surface area contributed by atoms with Gasteiger partial charge in [-0.05, 0) is 18.1 Å². The molecule has 2 fully saturated rings. The summed E-state index contributed by atoms with van der Waals surface area (Å²) in [5.74, 6) is -2.33. The molecule has 2 aromatic rings. The molecule has 4 aliphatic rings. The van der Waals surface area contributed by atoms with Crippen molar-refractivity contribution < 1.29 is 48.6 Å². The van der Waals surface area contributed by atoms with Gasteiger partial charge in [0.05, 0.1) is 18.9 Å². The minimum absolute atomic E-state index is 0.252. The highest BCUT2D eigenvalue weighted by Crippen LogP contribution is 2.43. The number of hydrogen-bond donors (Lipinski definition) is 5. The number of methoxy groups -OCH3 is 1. The summed E-state index contributed by atoms with van der Waals surface area (Å²) in [5, 5.41) is 36.0. The summed E-state index contributed by atoms with van der Waals surface area (Å²) in [7, 11) is 1.28. The molecule has 0 spiro atoms. The molecular formula is C28H32N2O10. The zero-order valence-corrected chi connectivity index (χ0v) is 21.8. The molecule has 6 bridgehead atoms. The Morgan fingerprint density at radius 2 is 1.90 bits per heavy atom. The number of benzene rings is 1. The van der Waals surface area contributed by atoms with E-state index in [1.54, 1.807) is 6.08 Å². The van der Waals surface area contributed by atoms with E-state index in [4.69, 9.17) is 23.7 Å². The third kappa shape index (κ3) is 4.50. The van der Waals surface area contributed by atoms with E-state index in [0.29, 0.717) is 12.8 Å². The number of nitrogens with one attached hydrogen (secondary N) is 2. The number of aromatic amines is 1. The summed E-state index contributed by atoms with van der Waals surface area (Å²) in [5.41, 5.74) is 3.01. The first-order chi connectivity index (χ1) is 19.3. The predicted molar refractivity (Wildman–Crippen MR) is 137 cm³/mol. The number of cyclic esters (lactones) is 1. The number of aliphatic hydroxyl groups excluding tert-OH is 3. The number of rotatable bonds is 2. The fraction of sp³-hybridized carbons (Fsp3) is 0.500. The molecule has 6 rings (SSSR count). The number of para-hydroxylation sites is 1. The van der Waals surface area contributed by atoms with Gasteiger partial charge in [-0.3, -0.25) is 10.1 Å². The normalized spacial score (nSPS) is 37.7. The quantitative estimate of drug-likeness (QED) is 0.255. The lowest BCUT2D eigenvalue weighted by Gasteiger charge is -2.44. The number of carbonyl (C=O) groups excluding carboxylic acids is 2. The molecule has 5 heterocycles. The molecule has 0 unspecified atom stereocenters. The van der Waals surface area contributed by atoms with Crippen molar-refractivity contribution in [2.24, 2.45) is 11.8 Å². The zero-order valence-electron chi connectivity index (χ0n) is 21.8. The van der Waals surface area contributed by atoms with Crippen LogP contribution in [0.4, 0.5) is 0 Å². The van der Waals surface area contributed by atoms with E-state index >= 15 is 0 Å². The van der Waals surface area contributed by atoms with Crippen molar-refractivity contribution in [2.45, 2.75) is 61.9 Å². The third-order valence-electron chi connectivity index (χ3n) is 8.31. The monoisotopic (exact) mass is 556 g/mol. The maximum atomic E-state index is 13.3. The molecule has 2 saturated heterocycles. The van der Waals surface area contributed by atoms with Gasteiger partial charge in [-0.15, -0.1) is 6.58 Å². The summed E-state index contributed by atoms with van der Waals surface area (Å²) < 4.78 is 28.1. The number of esters is 2. The zero-order chi connectivity index (χ0) is 28.1. The second-order valence-corrected chi connectivity index (χ2v) is 10.5. The highest BCUT2D eigenvalue weighted by molar-refractivity contribution is 5.89. The van der Waals surface area contributed by atoms with Crippen LogP contribution < -0.4 is 5.32 Å². The second kappa shape index (κ2) is 10.6. The summed E-state index contributed by atoms with van der Waals surface area (Å²) in [6.45, 7) is 3.57. The van der Waals surface area contributed by atoms with Gasteiger partial charge in [-0.2, -0.15) is 0 Å². The fourth-order valence-electron chi connectivity index (χ4n) is 6.20. The summed E-state index contributed by atoms with van der Waals surface area (Å²) >= 11 is 0. The molecule has 0 radical (unpaired) electrons. The Morgan fingerprint density at radius 3 is 2.67 bits per heavy atom. The minimum Gasteiger partial charge on any atom is -0.471 e. The van der Waals surface area contributed by atoms with Crippen LogP contribution >= 0.6 is 0 Å². The maximum absolute atomic E-state index is 13.3. The van der Waals surface area contributed by atoms with Gasteiger partial charge in [0.2, 0.25) is 6.29 Å². The van der Waals surface area contributed by atoms with Crippen LogP contribution in [0, 0.1) is 11.8 Å². The molecule has 10 atom stereocenters. The first-order valence-electron chi connectivity index (χ1n) is 13.2. The molecule has 5 N–H and O–H groups in total. The number of aliphatic hydroxyl groups is 3. The fourth-order valence-corrected chi connectivity index (χ4v) is 6.20. The van der Waals surface area contributed by atoms with Crippen LogP contribution in [0.1, 0.15) is 23.7 Å².